The Morgan fingerprint density at radius 2 is 1.78 bits per heavy atom. The summed E-state index contributed by atoms with van der Waals surface area (Å²) in [5.74, 6) is 0.610. The minimum Gasteiger partial charge on any atom is -0.309 e. The smallest absolute Gasteiger partial charge is 0.260 e. The van der Waals surface area contributed by atoms with Crippen molar-refractivity contribution in [2.45, 2.75) is 17.2 Å². The van der Waals surface area contributed by atoms with Gasteiger partial charge in [0.05, 0.1) is 11.4 Å². The molecule has 0 spiro atoms. The monoisotopic (exact) mass is 486 g/mol. The number of rotatable bonds is 5. The van der Waals surface area contributed by atoms with Gasteiger partial charge in [0, 0.05) is 37.1 Å². The number of H-pyrrole nitrogens is 1. The Balaban J connectivity index is 1.36. The van der Waals surface area contributed by atoms with Crippen molar-refractivity contribution in [2.75, 3.05) is 26.2 Å². The number of aromatic nitrogens is 2. The van der Waals surface area contributed by atoms with Crippen LogP contribution in [0, 0.1) is 0 Å². The van der Waals surface area contributed by atoms with Crippen molar-refractivity contribution in [1.29, 1.82) is 0 Å². The summed E-state index contributed by atoms with van der Waals surface area (Å²) in [6.07, 6.45) is 0. The Bertz CT molecular complexity index is 1390. The van der Waals surface area contributed by atoms with Crippen molar-refractivity contribution in [3.8, 4) is 11.1 Å². The Hall–Kier alpha value is -2.37. The standard InChI is InChI=1S/C22H22N4O3S3/c1-15(25-9-11-26(12-10-25)32(28,29)18-8-5-13-30-18)20-23-21(27)19-17(14-31-22(19)24-20)16-6-3-2-4-7-16/h2-8,13-15H,9-12H2,1H3,(H,23,24,27)/t15-/m0/s1. The Kier molecular flexibility index (Phi) is 5.72. The maximum atomic E-state index is 13.0. The lowest BCUT2D eigenvalue weighted by molar-refractivity contribution is 0.141. The molecule has 0 amide bonds. The summed E-state index contributed by atoms with van der Waals surface area (Å²) < 4.78 is 27.4. The summed E-state index contributed by atoms with van der Waals surface area (Å²) in [5.41, 5.74) is 1.75. The average molecular weight is 487 g/mol. The molecule has 1 aromatic carbocycles. The van der Waals surface area contributed by atoms with Gasteiger partial charge in [0.15, 0.2) is 0 Å². The molecule has 0 bridgehead atoms. The van der Waals surface area contributed by atoms with Crippen molar-refractivity contribution in [1.82, 2.24) is 19.2 Å². The molecule has 1 aliphatic heterocycles. The second-order valence-electron chi connectivity index (χ2n) is 7.69. The minimum atomic E-state index is -3.44. The van der Waals surface area contributed by atoms with E-state index in [4.69, 9.17) is 4.98 Å². The van der Waals surface area contributed by atoms with Crippen LogP contribution in [-0.2, 0) is 10.0 Å². The summed E-state index contributed by atoms with van der Waals surface area (Å²) in [4.78, 5) is 23.6. The van der Waals surface area contributed by atoms with E-state index in [1.54, 1.807) is 17.5 Å². The first kappa shape index (κ1) is 21.5. The fraction of sp³-hybridized carbons (Fsp3) is 0.273. The molecule has 10 heteroatoms. The Morgan fingerprint density at radius 1 is 1.03 bits per heavy atom. The van der Waals surface area contributed by atoms with E-state index in [1.807, 2.05) is 42.6 Å². The molecular weight excluding hydrogens is 464 g/mol. The molecule has 1 saturated heterocycles. The summed E-state index contributed by atoms with van der Waals surface area (Å²) in [6.45, 7) is 3.97. The molecule has 166 valence electrons. The molecule has 7 nitrogen and oxygen atoms in total. The van der Waals surface area contributed by atoms with Crippen molar-refractivity contribution in [3.63, 3.8) is 0 Å². The molecule has 0 unspecified atom stereocenters. The first-order valence-corrected chi connectivity index (χ1v) is 13.5. The zero-order valence-corrected chi connectivity index (χ0v) is 19.8. The van der Waals surface area contributed by atoms with Gasteiger partial charge in [-0.25, -0.2) is 13.4 Å². The first-order chi connectivity index (χ1) is 15.4. The largest absolute Gasteiger partial charge is 0.309 e. The van der Waals surface area contributed by atoms with Crippen LogP contribution in [0.1, 0.15) is 18.8 Å². The molecular formula is C22H22N4O3S3. The van der Waals surface area contributed by atoms with E-state index in [2.05, 4.69) is 9.88 Å². The lowest BCUT2D eigenvalue weighted by Crippen LogP contribution is -2.49. The molecule has 32 heavy (non-hydrogen) atoms. The number of sulfonamides is 1. The number of hydrogen-bond acceptors (Lipinski definition) is 7. The van der Waals surface area contributed by atoms with Crippen LogP contribution in [0.2, 0.25) is 0 Å². The Morgan fingerprint density at radius 3 is 2.47 bits per heavy atom. The van der Waals surface area contributed by atoms with Gasteiger partial charge in [0.25, 0.3) is 15.6 Å². The molecule has 5 rings (SSSR count). The van der Waals surface area contributed by atoms with Gasteiger partial charge < -0.3 is 4.98 Å². The summed E-state index contributed by atoms with van der Waals surface area (Å²) in [6, 6.07) is 13.1. The second kappa shape index (κ2) is 8.53. The van der Waals surface area contributed by atoms with Gasteiger partial charge in [0.2, 0.25) is 0 Å². The number of nitrogens with one attached hydrogen (secondary N) is 1. The van der Waals surface area contributed by atoms with Gasteiger partial charge in [-0.3, -0.25) is 9.69 Å². The summed E-state index contributed by atoms with van der Waals surface area (Å²) in [7, 11) is -3.44. The minimum absolute atomic E-state index is 0.124. The lowest BCUT2D eigenvalue weighted by Gasteiger charge is -2.36. The number of hydrogen-bond donors (Lipinski definition) is 1. The van der Waals surface area contributed by atoms with Crippen LogP contribution < -0.4 is 5.56 Å². The van der Waals surface area contributed by atoms with Crippen LogP contribution in [-0.4, -0.2) is 53.8 Å². The number of piperazine rings is 1. The molecule has 1 N–H and O–H groups in total. The van der Waals surface area contributed by atoms with E-state index in [-0.39, 0.29) is 11.6 Å². The third-order valence-corrected chi connectivity index (χ3v) is 10.00. The highest BCUT2D eigenvalue weighted by Gasteiger charge is 2.31. The number of benzene rings is 1. The number of thiophene rings is 2. The maximum absolute atomic E-state index is 13.0. The third kappa shape index (κ3) is 3.82. The van der Waals surface area contributed by atoms with Crippen LogP contribution in [0.5, 0.6) is 0 Å². The SMILES string of the molecule is C[C@@H](c1nc2scc(-c3ccccc3)c2c(=O)[nH]1)N1CCN(S(=O)(=O)c2cccs2)CC1. The van der Waals surface area contributed by atoms with Gasteiger partial charge in [-0.1, -0.05) is 36.4 Å². The van der Waals surface area contributed by atoms with E-state index < -0.39 is 10.0 Å². The fourth-order valence-corrected chi connectivity index (χ4v) is 7.56. The molecule has 0 saturated carbocycles. The molecule has 4 heterocycles. The zero-order valence-electron chi connectivity index (χ0n) is 17.4. The van der Waals surface area contributed by atoms with E-state index in [0.717, 1.165) is 11.1 Å². The quantitative estimate of drug-likeness (QED) is 0.464. The molecule has 1 aliphatic rings. The van der Waals surface area contributed by atoms with Crippen molar-refractivity contribution in [3.05, 3.63) is 69.4 Å². The second-order valence-corrected chi connectivity index (χ2v) is 11.7. The lowest BCUT2D eigenvalue weighted by atomic mass is 10.1. The van der Waals surface area contributed by atoms with E-state index >= 15 is 0 Å². The van der Waals surface area contributed by atoms with Crippen molar-refractivity contribution < 1.29 is 8.42 Å². The zero-order chi connectivity index (χ0) is 22.3. The van der Waals surface area contributed by atoms with Crippen molar-refractivity contribution in [2.24, 2.45) is 0 Å². The highest BCUT2D eigenvalue weighted by atomic mass is 32.2. The number of nitrogens with zero attached hydrogens (tertiary/aromatic N) is 3. The summed E-state index contributed by atoms with van der Waals surface area (Å²) >= 11 is 2.71. The van der Waals surface area contributed by atoms with Crippen LogP contribution in [0.4, 0.5) is 0 Å². The van der Waals surface area contributed by atoms with E-state index in [0.29, 0.717) is 46.4 Å². The molecule has 3 aromatic heterocycles. The van der Waals surface area contributed by atoms with Crippen molar-refractivity contribution >= 4 is 42.9 Å². The van der Waals surface area contributed by atoms with Crippen LogP contribution in [0.25, 0.3) is 21.3 Å². The third-order valence-electron chi connectivity index (χ3n) is 5.85. The normalized spacial score (nSPS) is 17.0. The van der Waals surface area contributed by atoms with Gasteiger partial charge >= 0.3 is 0 Å². The predicted molar refractivity (Wildman–Crippen MR) is 129 cm³/mol. The fourth-order valence-electron chi connectivity index (χ4n) is 4.04. The van der Waals surface area contributed by atoms with Crippen LogP contribution >= 0.6 is 22.7 Å². The van der Waals surface area contributed by atoms with Gasteiger partial charge in [0.1, 0.15) is 14.9 Å². The molecule has 1 fully saturated rings. The summed E-state index contributed by atoms with van der Waals surface area (Å²) in [5, 5.41) is 4.37. The highest BCUT2D eigenvalue weighted by molar-refractivity contribution is 7.91. The Labute approximate surface area is 194 Å². The van der Waals surface area contributed by atoms with Crippen LogP contribution in [0.15, 0.2) is 62.2 Å². The maximum Gasteiger partial charge on any atom is 0.260 e. The average Bonchev–Trinajstić information content (AvgIpc) is 3.50. The van der Waals surface area contributed by atoms with Gasteiger partial charge in [-0.2, -0.15) is 4.31 Å². The molecule has 0 aliphatic carbocycles. The van der Waals surface area contributed by atoms with Crippen LogP contribution in [0.3, 0.4) is 0 Å². The molecule has 0 radical (unpaired) electrons. The predicted octanol–water partition coefficient (Wildman–Crippen LogP) is 3.78. The first-order valence-electron chi connectivity index (χ1n) is 10.3. The number of aromatic amines is 1. The van der Waals surface area contributed by atoms with E-state index in [9.17, 15) is 13.2 Å². The van der Waals surface area contributed by atoms with Gasteiger partial charge in [-0.15, -0.1) is 22.7 Å². The molecule has 1 atom stereocenters. The topological polar surface area (TPSA) is 86.4 Å². The highest BCUT2D eigenvalue weighted by Crippen LogP contribution is 2.31. The van der Waals surface area contributed by atoms with Gasteiger partial charge in [-0.05, 0) is 23.9 Å². The van der Waals surface area contributed by atoms with E-state index in [1.165, 1.54) is 27.0 Å². The number of fused-ring (bicyclic) bond motifs is 1. The molecule has 4 aromatic rings.